The van der Waals surface area contributed by atoms with E-state index in [9.17, 15) is 4.39 Å². The second kappa shape index (κ2) is 10.7. The average molecular weight is 470 g/mol. The number of rotatable bonds is 7. The number of fused-ring (bicyclic) bond motifs is 1. The second-order valence-corrected chi connectivity index (χ2v) is 10.1. The summed E-state index contributed by atoms with van der Waals surface area (Å²) in [4.78, 5) is 2.46. The van der Waals surface area contributed by atoms with E-state index >= 15 is 0 Å². The van der Waals surface area contributed by atoms with Crippen LogP contribution in [0.4, 0.5) is 10.1 Å². The van der Waals surface area contributed by atoms with Gasteiger partial charge in [0.1, 0.15) is 11.6 Å². The number of benzene rings is 3. The van der Waals surface area contributed by atoms with E-state index < -0.39 is 0 Å². The van der Waals surface area contributed by atoms with Crippen molar-refractivity contribution < 1.29 is 9.13 Å². The predicted octanol–water partition coefficient (Wildman–Crippen LogP) is 8.02. The summed E-state index contributed by atoms with van der Waals surface area (Å²) in [6.07, 6.45) is 6.41. The third-order valence-electron chi connectivity index (χ3n) is 7.73. The normalized spacial score (nSPS) is 19.9. The number of piperidine rings is 1. The van der Waals surface area contributed by atoms with E-state index in [2.05, 4.69) is 60.9 Å². The maximum Gasteiger partial charge on any atom is 0.123 e. The molecular weight excluding hydrogens is 433 g/mol. The summed E-state index contributed by atoms with van der Waals surface area (Å²) >= 11 is 0. The van der Waals surface area contributed by atoms with Gasteiger partial charge in [0, 0.05) is 24.7 Å². The number of halogens is 1. The summed E-state index contributed by atoms with van der Waals surface area (Å²) < 4.78 is 19.7. The van der Waals surface area contributed by atoms with Gasteiger partial charge in [0.25, 0.3) is 0 Å². The zero-order valence-electron chi connectivity index (χ0n) is 20.8. The fraction of sp³-hybridized carbons (Fsp3) is 0.375. The third-order valence-corrected chi connectivity index (χ3v) is 7.73. The van der Waals surface area contributed by atoms with Crippen LogP contribution in [0.3, 0.4) is 0 Å². The van der Waals surface area contributed by atoms with Crippen LogP contribution in [-0.4, -0.2) is 19.7 Å². The van der Waals surface area contributed by atoms with Gasteiger partial charge in [-0.25, -0.2) is 4.39 Å². The SMILES string of the molecule is C=C1CCN(c2ccc([C@@H]3c4ccc(OCCCC)cc4CC[C@@H]3c3ccc(F)cc3)cc2)CC1. The van der Waals surface area contributed by atoms with Gasteiger partial charge in [-0.3, -0.25) is 0 Å². The Kier molecular flexibility index (Phi) is 7.22. The van der Waals surface area contributed by atoms with Crippen molar-refractivity contribution in [3.05, 3.63) is 107 Å². The number of hydrogen-bond acceptors (Lipinski definition) is 2. The molecule has 1 fully saturated rings. The molecule has 0 spiro atoms. The zero-order chi connectivity index (χ0) is 24.2. The van der Waals surface area contributed by atoms with Crippen molar-refractivity contribution in [1.82, 2.24) is 0 Å². The van der Waals surface area contributed by atoms with Crippen LogP contribution >= 0.6 is 0 Å². The predicted molar refractivity (Wildman–Crippen MR) is 143 cm³/mol. The van der Waals surface area contributed by atoms with Gasteiger partial charge in [0.2, 0.25) is 0 Å². The van der Waals surface area contributed by atoms with Gasteiger partial charge >= 0.3 is 0 Å². The van der Waals surface area contributed by atoms with E-state index in [4.69, 9.17) is 4.74 Å². The van der Waals surface area contributed by atoms with Crippen LogP contribution in [0.1, 0.15) is 73.1 Å². The monoisotopic (exact) mass is 469 g/mol. The first-order chi connectivity index (χ1) is 17.1. The molecule has 0 unspecified atom stereocenters. The Bertz CT molecular complexity index is 1140. The second-order valence-electron chi connectivity index (χ2n) is 10.1. The molecule has 0 N–H and O–H groups in total. The van der Waals surface area contributed by atoms with E-state index in [1.165, 1.54) is 33.5 Å². The van der Waals surface area contributed by atoms with E-state index in [0.717, 1.165) is 64.0 Å². The molecule has 2 atom stereocenters. The van der Waals surface area contributed by atoms with Gasteiger partial charge in [-0.1, -0.05) is 55.8 Å². The van der Waals surface area contributed by atoms with Gasteiger partial charge < -0.3 is 9.64 Å². The minimum atomic E-state index is -0.177. The van der Waals surface area contributed by atoms with E-state index in [0.29, 0.717) is 5.92 Å². The van der Waals surface area contributed by atoms with Gasteiger partial charge in [-0.05, 0) is 96.7 Å². The molecule has 0 radical (unpaired) electrons. The molecule has 2 aliphatic rings. The first kappa shape index (κ1) is 23.7. The summed E-state index contributed by atoms with van der Waals surface area (Å²) in [7, 11) is 0. The molecule has 0 aromatic heterocycles. The first-order valence-electron chi connectivity index (χ1n) is 13.1. The summed E-state index contributed by atoms with van der Waals surface area (Å²) in [5.41, 5.74) is 7.93. The number of unbranched alkanes of at least 4 members (excludes halogenated alkanes) is 1. The van der Waals surface area contributed by atoms with Crippen molar-refractivity contribution in [2.75, 3.05) is 24.6 Å². The lowest BCUT2D eigenvalue weighted by atomic mass is 9.69. The Morgan fingerprint density at radius 2 is 1.63 bits per heavy atom. The van der Waals surface area contributed by atoms with Crippen molar-refractivity contribution in [2.45, 2.75) is 57.3 Å². The van der Waals surface area contributed by atoms with E-state index in [1.54, 1.807) is 12.1 Å². The highest BCUT2D eigenvalue weighted by molar-refractivity contribution is 5.53. The summed E-state index contributed by atoms with van der Waals surface area (Å²) in [5.74, 6) is 1.35. The molecule has 35 heavy (non-hydrogen) atoms. The maximum atomic E-state index is 13.7. The largest absolute Gasteiger partial charge is 0.494 e. The molecule has 3 aromatic carbocycles. The Morgan fingerprint density at radius 3 is 2.34 bits per heavy atom. The molecule has 1 aliphatic heterocycles. The molecule has 1 aliphatic carbocycles. The molecule has 0 bridgehead atoms. The van der Waals surface area contributed by atoms with Crippen molar-refractivity contribution in [3.8, 4) is 5.75 Å². The molecule has 1 heterocycles. The fourth-order valence-corrected chi connectivity index (χ4v) is 5.68. The van der Waals surface area contributed by atoms with Crippen LogP contribution in [0.25, 0.3) is 0 Å². The highest BCUT2D eigenvalue weighted by Crippen LogP contribution is 2.47. The van der Waals surface area contributed by atoms with E-state index in [1.807, 2.05) is 12.1 Å². The standard InChI is InChI=1S/C32H36FNO/c1-3-4-21-35-29-14-16-31-26(22-29)9-15-30(24-5-10-27(33)11-6-24)32(31)25-7-12-28(13-8-25)34-19-17-23(2)18-20-34/h5-8,10-14,16,22,30,32H,2-4,9,15,17-21H2,1H3/t30-,32+/m1/s1. The van der Waals surface area contributed by atoms with Gasteiger partial charge in [0.15, 0.2) is 0 Å². The Labute approximate surface area is 209 Å². The molecular formula is C32H36FNO. The molecule has 0 saturated carbocycles. The van der Waals surface area contributed by atoms with Gasteiger partial charge in [-0.15, -0.1) is 0 Å². The molecule has 3 aromatic rings. The topological polar surface area (TPSA) is 12.5 Å². The Morgan fingerprint density at radius 1 is 0.914 bits per heavy atom. The molecule has 5 rings (SSSR count). The van der Waals surface area contributed by atoms with Crippen LogP contribution < -0.4 is 9.64 Å². The summed E-state index contributed by atoms with van der Waals surface area (Å²) in [6, 6.07) is 22.9. The number of aryl methyl sites for hydroxylation is 1. The molecule has 3 heteroatoms. The number of nitrogens with zero attached hydrogens (tertiary/aromatic N) is 1. The van der Waals surface area contributed by atoms with Crippen LogP contribution in [0.5, 0.6) is 5.75 Å². The van der Waals surface area contributed by atoms with Gasteiger partial charge in [0.05, 0.1) is 6.61 Å². The Balaban J connectivity index is 1.47. The molecule has 2 nitrogen and oxygen atoms in total. The number of hydrogen-bond donors (Lipinski definition) is 0. The summed E-state index contributed by atoms with van der Waals surface area (Å²) in [5, 5.41) is 0. The lowest BCUT2D eigenvalue weighted by Gasteiger charge is -2.35. The van der Waals surface area contributed by atoms with Crippen molar-refractivity contribution in [2.24, 2.45) is 0 Å². The highest BCUT2D eigenvalue weighted by Gasteiger charge is 2.32. The first-order valence-corrected chi connectivity index (χ1v) is 13.1. The highest BCUT2D eigenvalue weighted by atomic mass is 19.1. The maximum absolute atomic E-state index is 13.7. The molecule has 0 amide bonds. The smallest absolute Gasteiger partial charge is 0.123 e. The molecule has 182 valence electrons. The van der Waals surface area contributed by atoms with Crippen LogP contribution in [0, 0.1) is 5.82 Å². The quantitative estimate of drug-likeness (QED) is 0.257. The fourth-order valence-electron chi connectivity index (χ4n) is 5.68. The van der Waals surface area contributed by atoms with Crippen LogP contribution in [0.15, 0.2) is 78.9 Å². The van der Waals surface area contributed by atoms with Gasteiger partial charge in [-0.2, -0.15) is 0 Å². The number of ether oxygens (including phenoxy) is 1. The van der Waals surface area contributed by atoms with Crippen LogP contribution in [0.2, 0.25) is 0 Å². The van der Waals surface area contributed by atoms with Crippen molar-refractivity contribution in [1.29, 1.82) is 0 Å². The van der Waals surface area contributed by atoms with Crippen LogP contribution in [-0.2, 0) is 6.42 Å². The lowest BCUT2D eigenvalue weighted by Crippen LogP contribution is -2.30. The lowest BCUT2D eigenvalue weighted by molar-refractivity contribution is 0.308. The minimum absolute atomic E-state index is 0.177. The van der Waals surface area contributed by atoms with E-state index in [-0.39, 0.29) is 11.7 Å². The van der Waals surface area contributed by atoms with Crippen molar-refractivity contribution >= 4 is 5.69 Å². The summed E-state index contributed by atoms with van der Waals surface area (Å²) in [6.45, 7) is 9.19. The van der Waals surface area contributed by atoms with Crippen molar-refractivity contribution in [3.63, 3.8) is 0 Å². The zero-order valence-corrected chi connectivity index (χ0v) is 20.8. The Hall–Kier alpha value is -3.07. The minimum Gasteiger partial charge on any atom is -0.494 e. The molecule has 1 saturated heterocycles. The number of anilines is 1. The average Bonchev–Trinajstić information content (AvgIpc) is 2.89. The third kappa shape index (κ3) is 5.29.